The van der Waals surface area contributed by atoms with Gasteiger partial charge >= 0.3 is 0 Å². The minimum Gasteiger partial charge on any atom is -0.262 e. The summed E-state index contributed by atoms with van der Waals surface area (Å²) >= 11 is 0. The van der Waals surface area contributed by atoms with Crippen LogP contribution >= 0.6 is 0 Å². The van der Waals surface area contributed by atoms with E-state index >= 15 is 0 Å². The molecule has 0 N–H and O–H groups in total. The van der Waals surface area contributed by atoms with Gasteiger partial charge in [0, 0.05) is 11.8 Å². The van der Waals surface area contributed by atoms with E-state index in [9.17, 15) is 0 Å². The van der Waals surface area contributed by atoms with E-state index in [1.807, 2.05) is 18.2 Å². The van der Waals surface area contributed by atoms with Crippen LogP contribution in [0.5, 0.6) is 0 Å². The van der Waals surface area contributed by atoms with Crippen molar-refractivity contribution in [3.05, 3.63) is 138 Å². The summed E-state index contributed by atoms with van der Waals surface area (Å²) in [4.78, 5) is 14.3. The maximum atomic E-state index is 5.01. The smallest absolute Gasteiger partial charge is 0.153 e. The second kappa shape index (κ2) is 14.0. The number of nitrogens with zero attached hydrogens (tertiary/aromatic N) is 3. The van der Waals surface area contributed by atoms with Crippen molar-refractivity contribution >= 4 is 24.0 Å². The summed E-state index contributed by atoms with van der Waals surface area (Å²) in [5.74, 6) is 1.82. The third-order valence-corrected chi connectivity index (χ3v) is 6.81. The van der Waals surface area contributed by atoms with E-state index in [2.05, 4.69) is 123 Å². The highest BCUT2D eigenvalue weighted by atomic mass is 15.0. The van der Waals surface area contributed by atoms with Gasteiger partial charge in [-0.2, -0.15) is 0 Å². The summed E-state index contributed by atoms with van der Waals surface area (Å²) in [5, 5.41) is 0. The van der Waals surface area contributed by atoms with Gasteiger partial charge in [0.2, 0.25) is 0 Å². The van der Waals surface area contributed by atoms with Crippen molar-refractivity contribution < 1.29 is 0 Å². The number of benzene rings is 2. The van der Waals surface area contributed by atoms with Crippen LogP contribution < -0.4 is 0 Å². The Morgan fingerprint density at radius 1 is 1.03 bits per heavy atom. The van der Waals surface area contributed by atoms with Gasteiger partial charge in [0.25, 0.3) is 0 Å². The summed E-state index contributed by atoms with van der Waals surface area (Å²) in [6.07, 6.45) is 24.3. The van der Waals surface area contributed by atoms with Crippen LogP contribution in [0.3, 0.4) is 0 Å². The van der Waals surface area contributed by atoms with Gasteiger partial charge in [0.1, 0.15) is 5.84 Å². The van der Waals surface area contributed by atoms with Crippen LogP contribution in [0.15, 0.2) is 136 Å². The monoisotopic (exact) mass is 499 g/mol. The van der Waals surface area contributed by atoms with Crippen LogP contribution in [-0.4, -0.2) is 18.4 Å². The molecule has 0 bridgehead atoms. The molecule has 2 atom stereocenters. The largest absolute Gasteiger partial charge is 0.262 e. The molecule has 0 radical (unpaired) electrons. The maximum Gasteiger partial charge on any atom is 0.153 e. The molecule has 0 spiro atoms. The minimum atomic E-state index is 0.113. The van der Waals surface area contributed by atoms with Crippen molar-refractivity contribution in [2.45, 2.75) is 45.6 Å². The quantitative estimate of drug-likeness (QED) is 0.198. The van der Waals surface area contributed by atoms with Crippen molar-refractivity contribution in [1.82, 2.24) is 0 Å². The Bertz CT molecular complexity index is 1350. The summed E-state index contributed by atoms with van der Waals surface area (Å²) in [5.41, 5.74) is 6.06. The third kappa shape index (κ3) is 7.23. The summed E-state index contributed by atoms with van der Waals surface area (Å²) in [6, 6.07) is 19.2. The fourth-order valence-electron chi connectivity index (χ4n) is 4.70. The fraction of sp³-hybridized carbons (Fsp3) is 0.229. The Balaban J connectivity index is 1.63. The molecule has 192 valence electrons. The zero-order valence-electron chi connectivity index (χ0n) is 22.5. The van der Waals surface area contributed by atoms with Crippen molar-refractivity contribution in [1.29, 1.82) is 0 Å². The number of allylic oxidation sites excluding steroid dienone is 10. The number of hydrogen-bond donors (Lipinski definition) is 0. The van der Waals surface area contributed by atoms with Gasteiger partial charge < -0.3 is 0 Å². The molecular weight excluding hydrogens is 462 g/mol. The Kier molecular flexibility index (Phi) is 9.92. The molecule has 0 saturated carbocycles. The summed E-state index contributed by atoms with van der Waals surface area (Å²) < 4.78 is 0. The number of hydrogen-bond acceptors (Lipinski definition) is 1. The Morgan fingerprint density at radius 2 is 1.89 bits per heavy atom. The van der Waals surface area contributed by atoms with E-state index in [4.69, 9.17) is 9.98 Å². The first-order valence-corrected chi connectivity index (χ1v) is 13.5. The van der Waals surface area contributed by atoms with Crippen molar-refractivity contribution in [2.24, 2.45) is 20.9 Å². The molecule has 2 unspecified atom stereocenters. The highest BCUT2D eigenvalue weighted by Gasteiger charge is 2.20. The molecule has 0 aliphatic heterocycles. The molecule has 2 aliphatic carbocycles. The second-order valence-corrected chi connectivity index (χ2v) is 9.48. The second-order valence-electron chi connectivity index (χ2n) is 9.48. The average molecular weight is 500 g/mol. The van der Waals surface area contributed by atoms with Crippen LogP contribution in [0.2, 0.25) is 0 Å². The molecule has 4 rings (SSSR count). The Morgan fingerprint density at radius 3 is 2.63 bits per heavy atom. The van der Waals surface area contributed by atoms with Crippen molar-refractivity contribution in [3.63, 3.8) is 0 Å². The zero-order valence-corrected chi connectivity index (χ0v) is 22.5. The lowest BCUT2D eigenvalue weighted by molar-refractivity contribution is 0.829. The standard InChI is InChI=1S/C35H37N3/c1-4-6-17-28(5-2)30-20-13-21-31(24-30)32-22-14-23-33(25-32)35(37-26-27-15-9-7-10-16-27)38-34(36-3)29-18-11-8-12-19-29/h5-18,20-24,29,32H,3-4,19,25-26H2,1-2H3/b17-6-,28-5+,37-35-,38-34-. The molecule has 3 nitrogen and oxygen atoms in total. The Labute approximate surface area is 227 Å². The van der Waals surface area contributed by atoms with Crippen molar-refractivity contribution in [3.8, 4) is 0 Å². The van der Waals surface area contributed by atoms with E-state index in [1.165, 1.54) is 16.7 Å². The molecule has 2 aliphatic rings. The van der Waals surface area contributed by atoms with E-state index < -0.39 is 0 Å². The predicted octanol–water partition coefficient (Wildman–Crippen LogP) is 8.86. The molecule has 0 fully saturated rings. The van der Waals surface area contributed by atoms with Gasteiger partial charge in [-0.1, -0.05) is 122 Å². The van der Waals surface area contributed by atoms with Gasteiger partial charge in [0.05, 0.1) is 6.54 Å². The lowest BCUT2D eigenvalue weighted by Crippen LogP contribution is -2.15. The molecule has 38 heavy (non-hydrogen) atoms. The average Bonchev–Trinajstić information content (AvgIpc) is 2.99. The highest BCUT2D eigenvalue weighted by molar-refractivity contribution is 6.08. The normalized spacial score (nSPS) is 20.2. The minimum absolute atomic E-state index is 0.113. The molecule has 0 saturated heterocycles. The topological polar surface area (TPSA) is 37.1 Å². The van der Waals surface area contributed by atoms with E-state index in [-0.39, 0.29) is 11.8 Å². The highest BCUT2D eigenvalue weighted by Crippen LogP contribution is 2.32. The van der Waals surface area contributed by atoms with Crippen LogP contribution in [0.1, 0.15) is 55.7 Å². The molecule has 0 heterocycles. The molecular formula is C35H37N3. The van der Waals surface area contributed by atoms with Gasteiger partial charge in [0.15, 0.2) is 5.84 Å². The molecule has 2 aromatic rings. The van der Waals surface area contributed by atoms with Crippen molar-refractivity contribution in [2.75, 3.05) is 0 Å². The van der Waals surface area contributed by atoms with Crippen LogP contribution in [0, 0.1) is 5.92 Å². The summed E-state index contributed by atoms with van der Waals surface area (Å²) in [7, 11) is 0. The summed E-state index contributed by atoms with van der Waals surface area (Å²) in [6.45, 7) is 8.66. The van der Waals surface area contributed by atoms with Gasteiger partial charge in [-0.3, -0.25) is 4.99 Å². The Hall–Kier alpha value is -4.11. The van der Waals surface area contributed by atoms with Crippen LogP contribution in [0.4, 0.5) is 0 Å². The first-order chi connectivity index (χ1) is 18.7. The van der Waals surface area contributed by atoms with Crippen LogP contribution in [-0.2, 0) is 6.54 Å². The maximum absolute atomic E-state index is 5.01. The van der Waals surface area contributed by atoms with Crippen LogP contribution in [0.25, 0.3) is 5.57 Å². The van der Waals surface area contributed by atoms with Gasteiger partial charge in [-0.15, -0.1) is 0 Å². The number of aliphatic imine (C=N–C) groups is 3. The van der Waals surface area contributed by atoms with E-state index in [1.54, 1.807) is 0 Å². The zero-order chi connectivity index (χ0) is 26.6. The van der Waals surface area contributed by atoms with E-state index in [0.717, 1.165) is 36.2 Å². The van der Waals surface area contributed by atoms with Gasteiger partial charge in [-0.05, 0) is 60.7 Å². The molecule has 3 heteroatoms. The molecule has 2 aromatic carbocycles. The lowest BCUT2D eigenvalue weighted by Gasteiger charge is -2.21. The first-order valence-electron chi connectivity index (χ1n) is 13.5. The van der Waals surface area contributed by atoms with Gasteiger partial charge in [-0.25, -0.2) is 9.98 Å². The number of amidine groups is 2. The first kappa shape index (κ1) is 26.9. The fourth-order valence-corrected chi connectivity index (χ4v) is 4.70. The third-order valence-electron chi connectivity index (χ3n) is 6.81. The van der Waals surface area contributed by atoms with E-state index in [0.29, 0.717) is 12.4 Å². The predicted molar refractivity (Wildman–Crippen MR) is 165 cm³/mol. The molecule has 0 aromatic heterocycles. The number of rotatable bonds is 8. The SMILES string of the molecule is C=N/C(=N\C(=N/Cc1ccccc1)C1=CC=CC(c2cccc(C(/C=C\CC)=C/C)c2)C1)C1C=CC=CC1. The lowest BCUT2D eigenvalue weighted by atomic mass is 9.86. The molecule has 0 amide bonds.